The van der Waals surface area contributed by atoms with Crippen molar-refractivity contribution in [1.29, 1.82) is 0 Å². The molecule has 0 fully saturated rings. The molecule has 0 saturated carbocycles. The lowest BCUT2D eigenvalue weighted by molar-refractivity contribution is -0.142. The van der Waals surface area contributed by atoms with Crippen molar-refractivity contribution >= 4 is 11.8 Å². The molecule has 1 atom stereocenters. The van der Waals surface area contributed by atoms with Gasteiger partial charge in [-0.25, -0.2) is 0 Å². The Morgan fingerprint density at radius 2 is 1.57 bits per heavy atom. The maximum absolute atomic E-state index is 12.9. The molecule has 2 rings (SSSR count). The molecule has 0 bridgehead atoms. The van der Waals surface area contributed by atoms with Crippen molar-refractivity contribution in [3.8, 4) is 5.75 Å². The summed E-state index contributed by atoms with van der Waals surface area (Å²) in [5.74, 6) is 0.769. The van der Waals surface area contributed by atoms with Gasteiger partial charge in [0.15, 0.2) is 6.61 Å². The van der Waals surface area contributed by atoms with Gasteiger partial charge in [0.1, 0.15) is 11.8 Å². The van der Waals surface area contributed by atoms with Gasteiger partial charge in [0.25, 0.3) is 5.91 Å². The molecule has 0 aliphatic rings. The van der Waals surface area contributed by atoms with Crippen LogP contribution in [0, 0.1) is 5.92 Å². The third kappa shape index (κ3) is 7.06. The van der Waals surface area contributed by atoms with Gasteiger partial charge < -0.3 is 15.0 Å². The Morgan fingerprint density at radius 3 is 2.18 bits per heavy atom. The predicted octanol–water partition coefficient (Wildman–Crippen LogP) is 3.65. The first-order valence-corrected chi connectivity index (χ1v) is 9.76. The van der Waals surface area contributed by atoms with Gasteiger partial charge in [-0.1, -0.05) is 62.4 Å². The zero-order chi connectivity index (χ0) is 20.4. The standard InChI is InChI=1S/C23H30N2O3/c1-18(2)14-15-24-23(27)19(3)25(16-20-10-6-4-7-11-20)22(26)17-28-21-12-8-5-9-13-21/h4-13,18-19H,14-17H2,1-3H3,(H,24,27)/t19-/m0/s1. The van der Waals surface area contributed by atoms with E-state index in [0.717, 1.165) is 12.0 Å². The van der Waals surface area contributed by atoms with Crippen LogP contribution in [0.5, 0.6) is 5.75 Å². The summed E-state index contributed by atoms with van der Waals surface area (Å²) in [6.07, 6.45) is 0.905. The number of hydrogen-bond acceptors (Lipinski definition) is 3. The van der Waals surface area contributed by atoms with Gasteiger partial charge in [0.05, 0.1) is 0 Å². The molecule has 0 saturated heterocycles. The number of carbonyl (C=O) groups is 2. The van der Waals surface area contributed by atoms with Gasteiger partial charge in [-0.15, -0.1) is 0 Å². The van der Waals surface area contributed by atoms with Crippen molar-refractivity contribution in [3.05, 3.63) is 66.2 Å². The van der Waals surface area contributed by atoms with Gasteiger partial charge in [-0.2, -0.15) is 0 Å². The third-order valence-corrected chi connectivity index (χ3v) is 4.49. The molecular formula is C23H30N2O3. The molecule has 0 aliphatic heterocycles. The quantitative estimate of drug-likeness (QED) is 0.682. The third-order valence-electron chi connectivity index (χ3n) is 4.49. The lowest BCUT2D eigenvalue weighted by Gasteiger charge is -2.29. The van der Waals surface area contributed by atoms with Crippen molar-refractivity contribution < 1.29 is 14.3 Å². The van der Waals surface area contributed by atoms with E-state index in [2.05, 4.69) is 19.2 Å². The van der Waals surface area contributed by atoms with Crippen LogP contribution < -0.4 is 10.1 Å². The van der Waals surface area contributed by atoms with E-state index in [1.165, 1.54) is 0 Å². The highest BCUT2D eigenvalue weighted by atomic mass is 16.5. The number of para-hydroxylation sites is 1. The summed E-state index contributed by atoms with van der Waals surface area (Å²) in [6.45, 7) is 6.84. The van der Waals surface area contributed by atoms with Gasteiger partial charge in [0.2, 0.25) is 5.91 Å². The Kier molecular flexibility index (Phi) is 8.53. The highest BCUT2D eigenvalue weighted by molar-refractivity contribution is 5.87. The van der Waals surface area contributed by atoms with Crippen LogP contribution in [0.1, 0.15) is 32.8 Å². The Morgan fingerprint density at radius 1 is 0.964 bits per heavy atom. The second-order valence-electron chi connectivity index (χ2n) is 7.26. The lowest BCUT2D eigenvalue weighted by Crippen LogP contribution is -2.49. The molecular weight excluding hydrogens is 352 g/mol. The van der Waals surface area contributed by atoms with E-state index < -0.39 is 6.04 Å². The van der Waals surface area contributed by atoms with E-state index in [4.69, 9.17) is 4.74 Å². The number of nitrogens with one attached hydrogen (secondary N) is 1. The smallest absolute Gasteiger partial charge is 0.261 e. The van der Waals surface area contributed by atoms with Crippen LogP contribution in [0.4, 0.5) is 0 Å². The number of carbonyl (C=O) groups excluding carboxylic acids is 2. The summed E-state index contributed by atoms with van der Waals surface area (Å²) in [6, 6.07) is 18.3. The first-order chi connectivity index (χ1) is 13.5. The van der Waals surface area contributed by atoms with E-state index in [9.17, 15) is 9.59 Å². The van der Waals surface area contributed by atoms with Crippen molar-refractivity contribution in [2.75, 3.05) is 13.2 Å². The van der Waals surface area contributed by atoms with Crippen molar-refractivity contribution in [2.24, 2.45) is 5.92 Å². The fourth-order valence-electron chi connectivity index (χ4n) is 2.74. The number of amides is 2. The van der Waals surface area contributed by atoms with Crippen LogP contribution in [0.3, 0.4) is 0 Å². The van der Waals surface area contributed by atoms with Crippen LogP contribution in [-0.4, -0.2) is 35.9 Å². The molecule has 28 heavy (non-hydrogen) atoms. The first-order valence-electron chi connectivity index (χ1n) is 9.76. The minimum absolute atomic E-state index is 0.111. The topological polar surface area (TPSA) is 58.6 Å². The Balaban J connectivity index is 2.04. The fourth-order valence-corrected chi connectivity index (χ4v) is 2.74. The molecule has 0 aliphatic carbocycles. The van der Waals surface area contributed by atoms with Gasteiger partial charge in [-0.05, 0) is 37.0 Å². The van der Waals surface area contributed by atoms with E-state index in [1.807, 2.05) is 48.5 Å². The van der Waals surface area contributed by atoms with E-state index >= 15 is 0 Å². The molecule has 0 heterocycles. The van der Waals surface area contributed by atoms with Crippen LogP contribution in [0.2, 0.25) is 0 Å². The van der Waals surface area contributed by atoms with Crippen LogP contribution in [0.15, 0.2) is 60.7 Å². The summed E-state index contributed by atoms with van der Waals surface area (Å²) in [7, 11) is 0. The SMILES string of the molecule is CC(C)CCNC(=O)[C@H](C)N(Cc1ccccc1)C(=O)COc1ccccc1. The molecule has 150 valence electrons. The van der Waals surface area contributed by atoms with E-state index in [1.54, 1.807) is 24.0 Å². The summed E-state index contributed by atoms with van der Waals surface area (Å²) in [5.41, 5.74) is 0.970. The zero-order valence-electron chi connectivity index (χ0n) is 16.9. The van der Waals surface area contributed by atoms with Crippen LogP contribution in [0.25, 0.3) is 0 Å². The summed E-state index contributed by atoms with van der Waals surface area (Å²) in [5, 5.41) is 2.94. The number of rotatable bonds is 10. The van der Waals surface area contributed by atoms with Gasteiger partial charge >= 0.3 is 0 Å². The maximum Gasteiger partial charge on any atom is 0.261 e. The second-order valence-corrected chi connectivity index (χ2v) is 7.26. The Hall–Kier alpha value is -2.82. The number of benzene rings is 2. The van der Waals surface area contributed by atoms with Crippen molar-refractivity contribution in [1.82, 2.24) is 10.2 Å². The Labute approximate surface area is 167 Å². The molecule has 5 heteroatoms. The largest absolute Gasteiger partial charge is 0.484 e. The molecule has 1 N–H and O–H groups in total. The first kappa shape index (κ1) is 21.5. The van der Waals surface area contributed by atoms with Crippen molar-refractivity contribution in [3.63, 3.8) is 0 Å². The number of ether oxygens (including phenoxy) is 1. The average Bonchev–Trinajstić information content (AvgIpc) is 2.71. The molecule has 0 spiro atoms. The van der Waals surface area contributed by atoms with Crippen LogP contribution in [-0.2, 0) is 16.1 Å². The van der Waals surface area contributed by atoms with Gasteiger partial charge in [-0.3, -0.25) is 9.59 Å². The zero-order valence-corrected chi connectivity index (χ0v) is 16.9. The minimum atomic E-state index is -0.584. The summed E-state index contributed by atoms with van der Waals surface area (Å²) >= 11 is 0. The average molecular weight is 383 g/mol. The predicted molar refractivity (Wildman–Crippen MR) is 111 cm³/mol. The molecule has 0 aromatic heterocycles. The monoisotopic (exact) mass is 382 g/mol. The lowest BCUT2D eigenvalue weighted by atomic mass is 10.1. The normalized spacial score (nSPS) is 11.7. The Bertz CT molecular complexity index is 732. The number of nitrogens with zero attached hydrogens (tertiary/aromatic N) is 1. The maximum atomic E-state index is 12.9. The summed E-state index contributed by atoms with van der Waals surface area (Å²) in [4.78, 5) is 27.0. The molecule has 2 aromatic carbocycles. The minimum Gasteiger partial charge on any atom is -0.484 e. The molecule has 2 amide bonds. The second kappa shape index (κ2) is 11.1. The molecule has 0 unspecified atom stereocenters. The molecule has 0 radical (unpaired) electrons. The highest BCUT2D eigenvalue weighted by Gasteiger charge is 2.26. The molecule has 2 aromatic rings. The number of hydrogen-bond donors (Lipinski definition) is 1. The van der Waals surface area contributed by atoms with Crippen LogP contribution >= 0.6 is 0 Å². The molecule has 5 nitrogen and oxygen atoms in total. The van der Waals surface area contributed by atoms with Crippen molar-refractivity contribution in [2.45, 2.75) is 39.8 Å². The van der Waals surface area contributed by atoms with E-state index in [0.29, 0.717) is 24.8 Å². The highest BCUT2D eigenvalue weighted by Crippen LogP contribution is 2.12. The van der Waals surface area contributed by atoms with E-state index in [-0.39, 0.29) is 18.4 Å². The fraction of sp³-hybridized carbons (Fsp3) is 0.391. The van der Waals surface area contributed by atoms with Gasteiger partial charge in [0, 0.05) is 13.1 Å². The summed E-state index contributed by atoms with van der Waals surface area (Å²) < 4.78 is 5.61.